The van der Waals surface area contributed by atoms with Crippen molar-refractivity contribution in [1.29, 1.82) is 0 Å². The molecule has 178 valence electrons. The molecule has 2 aliphatic heterocycles. The molecule has 0 radical (unpaired) electrons. The Bertz CT molecular complexity index is 1340. The molecule has 10 heteroatoms. The molecular formula is C25H23N5O4S. The van der Waals surface area contributed by atoms with Crippen LogP contribution in [-0.2, 0) is 4.74 Å². The van der Waals surface area contributed by atoms with Gasteiger partial charge in [-0.2, -0.15) is 5.10 Å². The van der Waals surface area contributed by atoms with E-state index in [0.29, 0.717) is 41.7 Å². The second-order valence-electron chi connectivity index (χ2n) is 8.16. The van der Waals surface area contributed by atoms with Crippen LogP contribution in [0.25, 0.3) is 22.5 Å². The molecule has 9 nitrogen and oxygen atoms in total. The maximum atomic E-state index is 13.0. The number of anilines is 2. The fourth-order valence-corrected chi connectivity index (χ4v) is 4.99. The number of aromatic amines is 1. The van der Waals surface area contributed by atoms with E-state index in [2.05, 4.69) is 25.8 Å². The highest BCUT2D eigenvalue weighted by atomic mass is 32.1. The van der Waals surface area contributed by atoms with E-state index in [4.69, 9.17) is 19.2 Å². The Balaban J connectivity index is 1.16. The Kier molecular flexibility index (Phi) is 5.81. The van der Waals surface area contributed by atoms with Gasteiger partial charge in [0.25, 0.3) is 5.91 Å². The minimum Gasteiger partial charge on any atom is -0.486 e. The van der Waals surface area contributed by atoms with E-state index >= 15 is 0 Å². The number of fused-ring (bicyclic) bond motifs is 1. The quantitative estimate of drug-likeness (QED) is 0.436. The maximum Gasteiger partial charge on any atom is 0.259 e. The number of H-pyrrole nitrogens is 1. The fourth-order valence-electron chi connectivity index (χ4n) is 4.10. The van der Waals surface area contributed by atoms with E-state index in [1.54, 1.807) is 11.3 Å². The van der Waals surface area contributed by atoms with Crippen molar-refractivity contribution in [3.63, 3.8) is 0 Å². The van der Waals surface area contributed by atoms with Crippen LogP contribution in [0.15, 0.2) is 54.0 Å². The lowest BCUT2D eigenvalue weighted by Crippen LogP contribution is -2.36. The minimum atomic E-state index is -0.250. The molecule has 0 unspecified atom stereocenters. The average molecular weight is 490 g/mol. The van der Waals surface area contributed by atoms with Gasteiger partial charge >= 0.3 is 0 Å². The number of nitrogens with zero attached hydrogens (tertiary/aromatic N) is 3. The number of hydrogen-bond acceptors (Lipinski definition) is 8. The van der Waals surface area contributed by atoms with E-state index in [9.17, 15) is 4.79 Å². The highest BCUT2D eigenvalue weighted by molar-refractivity contribution is 7.14. The molecule has 0 atom stereocenters. The van der Waals surface area contributed by atoms with Gasteiger partial charge < -0.3 is 24.4 Å². The van der Waals surface area contributed by atoms with Gasteiger partial charge in [-0.3, -0.25) is 9.89 Å². The number of carbonyl (C=O) groups is 1. The highest BCUT2D eigenvalue weighted by Crippen LogP contribution is 2.35. The molecule has 35 heavy (non-hydrogen) atoms. The molecule has 1 fully saturated rings. The van der Waals surface area contributed by atoms with Crippen LogP contribution in [0.4, 0.5) is 10.8 Å². The Morgan fingerprint density at radius 1 is 0.971 bits per heavy atom. The van der Waals surface area contributed by atoms with E-state index in [1.165, 1.54) is 6.20 Å². The van der Waals surface area contributed by atoms with E-state index in [1.807, 2.05) is 42.5 Å². The third kappa shape index (κ3) is 4.45. The number of morpholine rings is 1. The molecule has 2 aliphatic rings. The minimum absolute atomic E-state index is 0.250. The molecule has 6 rings (SSSR count). The van der Waals surface area contributed by atoms with Crippen LogP contribution in [-0.4, -0.2) is 60.6 Å². The number of carbonyl (C=O) groups excluding carboxylic acids is 1. The Morgan fingerprint density at radius 3 is 2.57 bits per heavy atom. The van der Waals surface area contributed by atoms with Crippen molar-refractivity contribution in [3.05, 3.63) is 59.6 Å². The molecular weight excluding hydrogens is 466 g/mol. The number of ether oxygens (including phenoxy) is 3. The maximum absolute atomic E-state index is 13.0. The predicted molar refractivity (Wildman–Crippen MR) is 134 cm³/mol. The number of hydrogen-bond donors (Lipinski definition) is 2. The zero-order chi connectivity index (χ0) is 23.6. The van der Waals surface area contributed by atoms with Gasteiger partial charge in [-0.25, -0.2) is 4.98 Å². The van der Waals surface area contributed by atoms with Crippen LogP contribution in [0, 0.1) is 0 Å². The standard InChI is InChI=1S/C25H23N5O4S/c31-24(19-14-26-29-23(19)17-3-6-21-22(13-17)34-12-11-33-21)27-18-4-1-16(2-5-18)20-15-35-25(28-20)30-7-9-32-10-8-30/h1-6,13-15H,7-12H2,(H,26,29)(H,27,31). The summed E-state index contributed by atoms with van der Waals surface area (Å²) < 4.78 is 16.7. The van der Waals surface area contributed by atoms with Crippen LogP contribution in [0.2, 0.25) is 0 Å². The van der Waals surface area contributed by atoms with E-state index in [-0.39, 0.29) is 5.91 Å². The molecule has 0 aliphatic carbocycles. The first-order valence-corrected chi connectivity index (χ1v) is 12.3. The van der Waals surface area contributed by atoms with Crippen molar-refractivity contribution in [2.45, 2.75) is 0 Å². The molecule has 2 aromatic carbocycles. The lowest BCUT2D eigenvalue weighted by atomic mass is 10.1. The summed E-state index contributed by atoms with van der Waals surface area (Å²) in [6.07, 6.45) is 1.53. The van der Waals surface area contributed by atoms with Crippen molar-refractivity contribution >= 4 is 28.1 Å². The summed E-state index contributed by atoms with van der Waals surface area (Å²) in [5.74, 6) is 1.10. The van der Waals surface area contributed by atoms with Gasteiger partial charge in [-0.05, 0) is 30.3 Å². The number of benzene rings is 2. The summed E-state index contributed by atoms with van der Waals surface area (Å²) in [4.78, 5) is 20.1. The first-order chi connectivity index (χ1) is 17.2. The highest BCUT2D eigenvalue weighted by Gasteiger charge is 2.19. The van der Waals surface area contributed by atoms with Gasteiger partial charge in [-0.15, -0.1) is 11.3 Å². The van der Waals surface area contributed by atoms with Gasteiger partial charge in [0.05, 0.1) is 36.4 Å². The summed E-state index contributed by atoms with van der Waals surface area (Å²) in [6.45, 7) is 4.21. The van der Waals surface area contributed by atoms with Crippen molar-refractivity contribution in [2.75, 3.05) is 49.7 Å². The zero-order valence-electron chi connectivity index (χ0n) is 18.8. The van der Waals surface area contributed by atoms with Gasteiger partial charge in [0.2, 0.25) is 0 Å². The molecule has 1 saturated heterocycles. The first kappa shape index (κ1) is 21.6. The van der Waals surface area contributed by atoms with Gasteiger partial charge in [0.1, 0.15) is 13.2 Å². The number of rotatable bonds is 5. The molecule has 0 bridgehead atoms. The van der Waals surface area contributed by atoms with Crippen LogP contribution in [0.3, 0.4) is 0 Å². The number of nitrogens with one attached hydrogen (secondary N) is 2. The second-order valence-corrected chi connectivity index (χ2v) is 9.00. The topological polar surface area (TPSA) is 102 Å². The van der Waals surface area contributed by atoms with Crippen LogP contribution in [0.5, 0.6) is 11.5 Å². The third-order valence-electron chi connectivity index (χ3n) is 5.93. The first-order valence-electron chi connectivity index (χ1n) is 11.4. The van der Waals surface area contributed by atoms with E-state index < -0.39 is 0 Å². The van der Waals surface area contributed by atoms with Gasteiger partial charge in [-0.1, -0.05) is 12.1 Å². The van der Waals surface area contributed by atoms with Crippen molar-refractivity contribution in [1.82, 2.24) is 15.2 Å². The van der Waals surface area contributed by atoms with E-state index in [0.717, 1.165) is 48.3 Å². The summed E-state index contributed by atoms with van der Waals surface area (Å²) in [6, 6.07) is 13.3. The lowest BCUT2D eigenvalue weighted by Gasteiger charge is -2.26. The van der Waals surface area contributed by atoms with Crippen molar-refractivity contribution < 1.29 is 19.0 Å². The summed E-state index contributed by atoms with van der Waals surface area (Å²) in [5, 5.41) is 13.0. The summed E-state index contributed by atoms with van der Waals surface area (Å²) >= 11 is 1.63. The van der Waals surface area contributed by atoms with Crippen LogP contribution in [0.1, 0.15) is 10.4 Å². The normalized spacial score (nSPS) is 15.1. The largest absolute Gasteiger partial charge is 0.486 e. The second kappa shape index (κ2) is 9.40. The van der Waals surface area contributed by atoms with Gasteiger partial charge in [0.15, 0.2) is 16.6 Å². The Labute approximate surface area is 205 Å². The Hall–Kier alpha value is -3.89. The summed E-state index contributed by atoms with van der Waals surface area (Å²) in [7, 11) is 0. The number of amides is 1. The molecule has 2 N–H and O–H groups in total. The molecule has 4 heterocycles. The molecule has 1 amide bonds. The fraction of sp³-hybridized carbons (Fsp3) is 0.240. The number of aromatic nitrogens is 3. The molecule has 4 aromatic rings. The smallest absolute Gasteiger partial charge is 0.259 e. The van der Waals surface area contributed by atoms with Crippen molar-refractivity contribution in [2.24, 2.45) is 0 Å². The average Bonchev–Trinajstić information content (AvgIpc) is 3.60. The Morgan fingerprint density at radius 2 is 1.74 bits per heavy atom. The number of thiazole rings is 1. The zero-order valence-corrected chi connectivity index (χ0v) is 19.6. The molecule has 0 spiro atoms. The summed E-state index contributed by atoms with van der Waals surface area (Å²) in [5.41, 5.74) is 4.47. The lowest BCUT2D eigenvalue weighted by molar-refractivity contribution is 0.102. The van der Waals surface area contributed by atoms with Gasteiger partial charge in [0, 0.05) is 35.3 Å². The van der Waals surface area contributed by atoms with Crippen molar-refractivity contribution in [3.8, 4) is 34.0 Å². The van der Waals surface area contributed by atoms with Crippen LogP contribution < -0.4 is 19.7 Å². The predicted octanol–water partition coefficient (Wildman–Crippen LogP) is 4.06. The molecule has 2 aromatic heterocycles. The third-order valence-corrected chi connectivity index (χ3v) is 6.83. The SMILES string of the molecule is O=C(Nc1ccc(-c2csc(N3CCOCC3)n2)cc1)c1cn[nH]c1-c1ccc2c(c1)OCCO2. The van der Waals surface area contributed by atoms with Crippen LogP contribution >= 0.6 is 11.3 Å². The molecule has 0 saturated carbocycles. The monoisotopic (exact) mass is 489 g/mol.